The summed E-state index contributed by atoms with van der Waals surface area (Å²) in [6.45, 7) is 0.403. The van der Waals surface area contributed by atoms with Crippen LogP contribution in [0.3, 0.4) is 0 Å². The third kappa shape index (κ3) is 4.76. The molecule has 5 N–H and O–H groups in total. The number of carbonyl (C=O) groups is 1. The predicted molar refractivity (Wildman–Crippen MR) is 72.6 cm³/mol. The maximum atomic E-state index is 11.8. The molecule has 0 radical (unpaired) electrons. The van der Waals surface area contributed by atoms with Crippen molar-refractivity contribution in [1.82, 2.24) is 0 Å². The molecule has 0 saturated heterocycles. The zero-order valence-corrected chi connectivity index (χ0v) is 11.6. The highest BCUT2D eigenvalue weighted by Crippen LogP contribution is 2.10. The van der Waals surface area contributed by atoms with Gasteiger partial charge in [-0.3, -0.25) is 0 Å². The summed E-state index contributed by atoms with van der Waals surface area (Å²) < 4.78 is 4.85. The van der Waals surface area contributed by atoms with Crippen LogP contribution in [-0.4, -0.2) is 69.1 Å². The van der Waals surface area contributed by atoms with Crippen LogP contribution in [-0.2, 0) is 4.74 Å². The molecule has 1 aromatic rings. The monoisotopic (exact) mass is 300 g/mol. The largest absolute Gasteiger partial charge is 0.459 e. The highest BCUT2D eigenvalue weighted by atomic mass is 16.5. The first-order valence-electron chi connectivity index (χ1n) is 6.44. The molecule has 0 spiro atoms. The predicted octanol–water partition coefficient (Wildman–Crippen LogP) is -1.41. The van der Waals surface area contributed by atoms with Crippen LogP contribution in [0, 0.1) is 6.92 Å². The number of hydrogen-bond acceptors (Lipinski definition) is 7. The minimum atomic E-state index is -1.75. The Kier molecular flexibility index (Phi) is 6.73. The summed E-state index contributed by atoms with van der Waals surface area (Å²) in [6.07, 6.45) is -6.69. The van der Waals surface area contributed by atoms with E-state index < -0.39 is 43.6 Å². The molecule has 7 nitrogen and oxygen atoms in total. The van der Waals surface area contributed by atoms with E-state index in [1.165, 1.54) is 0 Å². The highest BCUT2D eigenvalue weighted by Gasteiger charge is 2.30. The number of rotatable bonds is 7. The Morgan fingerprint density at radius 1 is 1.10 bits per heavy atom. The van der Waals surface area contributed by atoms with Crippen LogP contribution in [0.15, 0.2) is 24.3 Å². The molecule has 0 aromatic heterocycles. The fraction of sp³-hybridized carbons (Fsp3) is 0.500. The third-order valence-corrected chi connectivity index (χ3v) is 3.08. The van der Waals surface area contributed by atoms with Gasteiger partial charge < -0.3 is 30.3 Å². The van der Waals surface area contributed by atoms with E-state index in [4.69, 9.17) is 14.9 Å². The van der Waals surface area contributed by atoms with Gasteiger partial charge in [-0.15, -0.1) is 0 Å². The van der Waals surface area contributed by atoms with E-state index in [0.29, 0.717) is 11.1 Å². The Hall–Kier alpha value is -1.51. The lowest BCUT2D eigenvalue weighted by atomic mass is 10.0. The van der Waals surface area contributed by atoms with Crippen LogP contribution in [0.2, 0.25) is 0 Å². The van der Waals surface area contributed by atoms with E-state index in [1.807, 2.05) is 0 Å². The molecule has 1 aromatic carbocycles. The number of aliphatic hydroxyl groups excluding tert-OH is 5. The van der Waals surface area contributed by atoms with Crippen LogP contribution in [0.5, 0.6) is 0 Å². The number of ether oxygens (including phenoxy) is 1. The molecule has 0 heterocycles. The molecule has 0 aliphatic carbocycles. The molecule has 1 rings (SSSR count). The van der Waals surface area contributed by atoms with E-state index in [9.17, 15) is 20.1 Å². The maximum absolute atomic E-state index is 11.8. The normalized spacial score (nSPS) is 16.9. The standard InChI is InChI=1S/C14H20O7/c1-8-4-2-3-5-9(8)14(20)21-7-11(17)13(19)12(18)10(16)6-15/h2-5,10-13,15-19H,6-7H2,1H3/t10-,11+,12-,13-/m1/s1. The molecule has 7 heteroatoms. The van der Waals surface area contributed by atoms with Crippen LogP contribution in [0.1, 0.15) is 15.9 Å². The lowest BCUT2D eigenvalue weighted by Crippen LogP contribution is -2.47. The number of carbonyl (C=O) groups excluding carboxylic acids is 1. The summed E-state index contributed by atoms with van der Waals surface area (Å²) in [5.41, 5.74) is 1.03. The molecule has 0 aliphatic rings. The van der Waals surface area contributed by atoms with Crippen LogP contribution >= 0.6 is 0 Å². The Morgan fingerprint density at radius 3 is 2.24 bits per heavy atom. The van der Waals surface area contributed by atoms with Crippen LogP contribution in [0.4, 0.5) is 0 Å². The van der Waals surface area contributed by atoms with Gasteiger partial charge in [0.1, 0.15) is 31.0 Å². The Morgan fingerprint density at radius 2 is 1.67 bits per heavy atom. The second-order valence-electron chi connectivity index (χ2n) is 4.71. The van der Waals surface area contributed by atoms with E-state index in [-0.39, 0.29) is 0 Å². The minimum Gasteiger partial charge on any atom is -0.459 e. The second kappa shape index (κ2) is 8.06. The number of benzene rings is 1. The first-order chi connectivity index (χ1) is 9.88. The van der Waals surface area contributed by atoms with Crippen molar-refractivity contribution in [1.29, 1.82) is 0 Å². The van der Waals surface area contributed by atoms with Crippen molar-refractivity contribution >= 4 is 5.97 Å². The van der Waals surface area contributed by atoms with E-state index in [2.05, 4.69) is 0 Å². The van der Waals surface area contributed by atoms with Crippen molar-refractivity contribution in [2.45, 2.75) is 31.3 Å². The van der Waals surface area contributed by atoms with Crippen LogP contribution in [0.25, 0.3) is 0 Å². The molecule has 0 unspecified atom stereocenters. The second-order valence-corrected chi connectivity index (χ2v) is 4.71. The Labute approximate surface area is 122 Å². The van der Waals surface area contributed by atoms with Crippen molar-refractivity contribution < 1.29 is 35.1 Å². The summed E-state index contributed by atoms with van der Waals surface area (Å²) in [7, 11) is 0. The van der Waals surface area contributed by atoms with E-state index in [0.717, 1.165) is 0 Å². The minimum absolute atomic E-state index is 0.329. The van der Waals surface area contributed by atoms with Gasteiger partial charge in [-0.05, 0) is 18.6 Å². The maximum Gasteiger partial charge on any atom is 0.338 e. The molecule has 4 atom stereocenters. The summed E-state index contributed by atoms with van der Waals surface area (Å²) >= 11 is 0. The van der Waals surface area contributed by atoms with Gasteiger partial charge in [0.05, 0.1) is 12.2 Å². The molecule has 0 aliphatic heterocycles. The van der Waals surface area contributed by atoms with E-state index >= 15 is 0 Å². The van der Waals surface area contributed by atoms with Gasteiger partial charge in [-0.2, -0.15) is 0 Å². The van der Waals surface area contributed by atoms with Gasteiger partial charge in [-0.25, -0.2) is 4.79 Å². The van der Waals surface area contributed by atoms with Gasteiger partial charge in [0, 0.05) is 0 Å². The number of esters is 1. The highest BCUT2D eigenvalue weighted by molar-refractivity contribution is 5.90. The molecule has 0 amide bonds. The molecule has 118 valence electrons. The fourth-order valence-corrected chi connectivity index (χ4v) is 1.70. The molecule has 0 saturated carbocycles. The van der Waals surface area contributed by atoms with Gasteiger partial charge in [0.2, 0.25) is 0 Å². The number of hydrogen-bond donors (Lipinski definition) is 5. The van der Waals surface area contributed by atoms with Crippen molar-refractivity contribution in [3.63, 3.8) is 0 Å². The van der Waals surface area contributed by atoms with Crippen LogP contribution < -0.4 is 0 Å². The topological polar surface area (TPSA) is 127 Å². The van der Waals surface area contributed by atoms with Gasteiger partial charge in [0.25, 0.3) is 0 Å². The van der Waals surface area contributed by atoms with Crippen molar-refractivity contribution in [2.24, 2.45) is 0 Å². The lowest BCUT2D eigenvalue weighted by Gasteiger charge is -2.25. The number of aliphatic hydroxyl groups is 5. The lowest BCUT2D eigenvalue weighted by molar-refractivity contribution is -0.124. The first kappa shape index (κ1) is 17.5. The van der Waals surface area contributed by atoms with E-state index in [1.54, 1.807) is 31.2 Å². The third-order valence-electron chi connectivity index (χ3n) is 3.08. The zero-order valence-electron chi connectivity index (χ0n) is 11.6. The molecule has 0 fully saturated rings. The molecule has 21 heavy (non-hydrogen) atoms. The van der Waals surface area contributed by atoms with Crippen molar-refractivity contribution in [2.75, 3.05) is 13.2 Å². The first-order valence-corrected chi connectivity index (χ1v) is 6.44. The van der Waals surface area contributed by atoms with Crippen molar-refractivity contribution in [3.8, 4) is 0 Å². The average Bonchev–Trinajstić information content (AvgIpc) is 2.50. The quantitative estimate of drug-likeness (QED) is 0.391. The summed E-state index contributed by atoms with van der Waals surface area (Å²) in [5, 5.41) is 46.4. The molecule has 0 bridgehead atoms. The summed E-state index contributed by atoms with van der Waals surface area (Å²) in [6, 6.07) is 6.71. The van der Waals surface area contributed by atoms with Gasteiger partial charge >= 0.3 is 5.97 Å². The average molecular weight is 300 g/mol. The summed E-state index contributed by atoms with van der Waals surface area (Å²) in [4.78, 5) is 11.8. The van der Waals surface area contributed by atoms with Crippen molar-refractivity contribution in [3.05, 3.63) is 35.4 Å². The smallest absolute Gasteiger partial charge is 0.338 e. The number of aryl methyl sites for hydroxylation is 1. The Bertz CT molecular complexity index is 462. The van der Waals surface area contributed by atoms with Gasteiger partial charge in [0.15, 0.2) is 0 Å². The SMILES string of the molecule is Cc1ccccc1C(=O)OC[C@H](O)[C@@H](O)[C@H](O)[C@H](O)CO. The Balaban J connectivity index is 2.55. The van der Waals surface area contributed by atoms with Gasteiger partial charge in [-0.1, -0.05) is 18.2 Å². The molecular weight excluding hydrogens is 280 g/mol. The molecular formula is C14H20O7. The zero-order chi connectivity index (χ0) is 16.0. The summed E-state index contributed by atoms with van der Waals surface area (Å²) in [5.74, 6) is -0.670. The fourth-order valence-electron chi connectivity index (χ4n) is 1.70.